The number of thiophene rings is 1. The molecule has 0 aromatic carbocycles. The van der Waals surface area contributed by atoms with E-state index in [2.05, 4.69) is 27.3 Å². The average molecular weight is 305 g/mol. The summed E-state index contributed by atoms with van der Waals surface area (Å²) in [7, 11) is 0. The predicted molar refractivity (Wildman–Crippen MR) is 78.1 cm³/mol. The van der Waals surface area contributed by atoms with Gasteiger partial charge in [0.25, 0.3) is 5.91 Å². The Morgan fingerprint density at radius 1 is 1.52 bits per heavy atom. The SMILES string of the molecule is Cc1nc(CCNC(=O)c2cc(C)c(C#CCO)s2)no1. The molecule has 2 aromatic rings. The molecule has 21 heavy (non-hydrogen) atoms. The van der Waals surface area contributed by atoms with Crippen molar-refractivity contribution < 1.29 is 14.4 Å². The molecular weight excluding hydrogens is 290 g/mol. The third kappa shape index (κ3) is 4.15. The van der Waals surface area contributed by atoms with Gasteiger partial charge in [0.1, 0.15) is 6.61 Å². The Morgan fingerprint density at radius 2 is 2.33 bits per heavy atom. The maximum atomic E-state index is 12.0. The predicted octanol–water partition coefficient (Wildman–Crippen LogP) is 1.06. The highest BCUT2D eigenvalue weighted by Gasteiger charge is 2.11. The van der Waals surface area contributed by atoms with Crippen molar-refractivity contribution in [2.75, 3.05) is 13.2 Å². The van der Waals surface area contributed by atoms with Crippen LogP contribution in [-0.4, -0.2) is 34.3 Å². The van der Waals surface area contributed by atoms with Crippen molar-refractivity contribution >= 4 is 17.2 Å². The van der Waals surface area contributed by atoms with Crippen molar-refractivity contribution in [3.05, 3.63) is 33.1 Å². The Hall–Kier alpha value is -2.17. The molecule has 0 saturated carbocycles. The van der Waals surface area contributed by atoms with Gasteiger partial charge in [-0.15, -0.1) is 11.3 Å². The molecule has 0 bridgehead atoms. The molecule has 0 aliphatic heterocycles. The number of hydrogen-bond donors (Lipinski definition) is 2. The van der Waals surface area contributed by atoms with Gasteiger partial charge in [-0.1, -0.05) is 17.0 Å². The number of carbonyl (C=O) groups excluding carboxylic acids is 1. The van der Waals surface area contributed by atoms with Crippen LogP contribution in [0.5, 0.6) is 0 Å². The lowest BCUT2D eigenvalue weighted by Gasteiger charge is -2.00. The second-order valence-electron chi connectivity index (χ2n) is 4.32. The van der Waals surface area contributed by atoms with Crippen LogP contribution in [0.25, 0.3) is 0 Å². The lowest BCUT2D eigenvalue weighted by atomic mass is 10.2. The van der Waals surface area contributed by atoms with E-state index < -0.39 is 0 Å². The topological polar surface area (TPSA) is 88.2 Å². The van der Waals surface area contributed by atoms with Gasteiger partial charge in [0.05, 0.1) is 9.75 Å². The first-order valence-corrected chi connectivity index (χ1v) is 7.19. The number of amides is 1. The fourth-order valence-corrected chi connectivity index (χ4v) is 2.62. The quantitative estimate of drug-likeness (QED) is 0.825. The summed E-state index contributed by atoms with van der Waals surface area (Å²) < 4.78 is 4.86. The van der Waals surface area contributed by atoms with E-state index in [9.17, 15) is 4.79 Å². The van der Waals surface area contributed by atoms with Crippen molar-refractivity contribution in [2.45, 2.75) is 20.3 Å². The maximum Gasteiger partial charge on any atom is 0.261 e. The molecule has 2 aromatic heterocycles. The maximum absolute atomic E-state index is 12.0. The van der Waals surface area contributed by atoms with E-state index in [1.54, 1.807) is 13.0 Å². The molecule has 110 valence electrons. The molecule has 0 spiro atoms. The Kier molecular flexibility index (Phi) is 5.09. The van der Waals surface area contributed by atoms with E-state index in [1.807, 2.05) is 6.92 Å². The van der Waals surface area contributed by atoms with E-state index in [0.29, 0.717) is 29.6 Å². The van der Waals surface area contributed by atoms with Gasteiger partial charge in [0, 0.05) is 19.9 Å². The monoisotopic (exact) mass is 305 g/mol. The number of aliphatic hydroxyl groups is 1. The Morgan fingerprint density at radius 3 is 3.00 bits per heavy atom. The minimum Gasteiger partial charge on any atom is -0.384 e. The van der Waals surface area contributed by atoms with Crippen molar-refractivity contribution in [1.82, 2.24) is 15.5 Å². The third-order valence-electron chi connectivity index (χ3n) is 2.63. The lowest BCUT2D eigenvalue weighted by molar-refractivity contribution is 0.0958. The summed E-state index contributed by atoms with van der Waals surface area (Å²) >= 11 is 1.31. The van der Waals surface area contributed by atoms with E-state index in [4.69, 9.17) is 9.63 Å². The molecule has 0 atom stereocenters. The summed E-state index contributed by atoms with van der Waals surface area (Å²) in [6, 6.07) is 1.79. The van der Waals surface area contributed by atoms with Crippen LogP contribution in [0.2, 0.25) is 0 Å². The molecule has 0 aliphatic carbocycles. The molecule has 0 unspecified atom stereocenters. The highest BCUT2D eigenvalue weighted by molar-refractivity contribution is 7.14. The van der Waals surface area contributed by atoms with Crippen LogP contribution in [0.3, 0.4) is 0 Å². The number of rotatable bonds is 4. The zero-order chi connectivity index (χ0) is 15.2. The van der Waals surface area contributed by atoms with Crippen LogP contribution in [-0.2, 0) is 6.42 Å². The molecule has 0 saturated heterocycles. The molecule has 0 fully saturated rings. The zero-order valence-electron chi connectivity index (χ0n) is 11.8. The summed E-state index contributed by atoms with van der Waals surface area (Å²) in [6.45, 7) is 3.85. The summed E-state index contributed by atoms with van der Waals surface area (Å²) in [4.78, 5) is 17.5. The van der Waals surface area contributed by atoms with Crippen molar-refractivity contribution in [3.8, 4) is 11.8 Å². The molecule has 0 aliphatic rings. The third-order valence-corrected chi connectivity index (χ3v) is 3.78. The van der Waals surface area contributed by atoms with E-state index in [1.165, 1.54) is 11.3 Å². The number of aryl methyl sites for hydroxylation is 2. The van der Waals surface area contributed by atoms with Crippen LogP contribution < -0.4 is 5.32 Å². The second-order valence-corrected chi connectivity index (χ2v) is 5.37. The number of carbonyl (C=O) groups is 1. The van der Waals surface area contributed by atoms with Crippen LogP contribution in [0.1, 0.15) is 31.8 Å². The smallest absolute Gasteiger partial charge is 0.261 e. The van der Waals surface area contributed by atoms with E-state index in [0.717, 1.165) is 10.4 Å². The summed E-state index contributed by atoms with van der Waals surface area (Å²) in [5.74, 6) is 6.34. The van der Waals surface area contributed by atoms with E-state index in [-0.39, 0.29) is 12.5 Å². The Balaban J connectivity index is 1.91. The van der Waals surface area contributed by atoms with Crippen LogP contribution in [0.15, 0.2) is 10.6 Å². The summed E-state index contributed by atoms with van der Waals surface area (Å²) in [5.41, 5.74) is 0.930. The standard InChI is InChI=1S/C14H15N3O3S/c1-9-8-12(21-11(9)4-3-7-18)14(19)15-6-5-13-16-10(2)20-17-13/h8,18H,5-7H2,1-2H3,(H,15,19). The Bertz CT molecular complexity index is 694. The molecule has 2 rings (SSSR count). The molecule has 0 radical (unpaired) electrons. The molecule has 7 heteroatoms. The Labute approximate surface area is 126 Å². The molecule has 6 nitrogen and oxygen atoms in total. The van der Waals surface area contributed by atoms with Gasteiger partial charge in [-0.3, -0.25) is 4.79 Å². The normalized spacial score (nSPS) is 10.0. The van der Waals surface area contributed by atoms with Gasteiger partial charge in [0.15, 0.2) is 5.82 Å². The minimum atomic E-state index is -0.191. The van der Waals surface area contributed by atoms with Gasteiger partial charge in [0.2, 0.25) is 5.89 Å². The van der Waals surface area contributed by atoms with Crippen molar-refractivity contribution in [2.24, 2.45) is 0 Å². The fourth-order valence-electron chi connectivity index (χ4n) is 1.66. The summed E-state index contributed by atoms with van der Waals surface area (Å²) in [6.07, 6.45) is 0.518. The van der Waals surface area contributed by atoms with Gasteiger partial charge in [-0.25, -0.2) is 0 Å². The molecular formula is C14H15N3O3S. The first kappa shape index (κ1) is 15.2. The summed E-state index contributed by atoms with van der Waals surface area (Å²) in [5, 5.41) is 15.3. The number of aliphatic hydroxyl groups excluding tert-OH is 1. The number of aromatic nitrogens is 2. The highest BCUT2D eigenvalue weighted by atomic mass is 32.1. The molecule has 2 N–H and O–H groups in total. The van der Waals surface area contributed by atoms with Crippen LogP contribution in [0, 0.1) is 25.7 Å². The first-order valence-electron chi connectivity index (χ1n) is 6.37. The van der Waals surface area contributed by atoms with Gasteiger partial charge < -0.3 is 14.9 Å². The largest absolute Gasteiger partial charge is 0.384 e. The van der Waals surface area contributed by atoms with Gasteiger partial charge >= 0.3 is 0 Å². The van der Waals surface area contributed by atoms with Crippen LogP contribution >= 0.6 is 11.3 Å². The number of nitrogens with one attached hydrogen (secondary N) is 1. The fraction of sp³-hybridized carbons (Fsp3) is 0.357. The lowest BCUT2D eigenvalue weighted by Crippen LogP contribution is -2.25. The van der Waals surface area contributed by atoms with Crippen molar-refractivity contribution in [1.29, 1.82) is 0 Å². The highest BCUT2D eigenvalue weighted by Crippen LogP contribution is 2.20. The van der Waals surface area contributed by atoms with Crippen LogP contribution in [0.4, 0.5) is 0 Å². The number of hydrogen-bond acceptors (Lipinski definition) is 6. The van der Waals surface area contributed by atoms with E-state index >= 15 is 0 Å². The average Bonchev–Trinajstić information content (AvgIpc) is 3.03. The molecule has 2 heterocycles. The van der Waals surface area contributed by atoms with Gasteiger partial charge in [-0.05, 0) is 18.6 Å². The first-order chi connectivity index (χ1) is 10.1. The molecule has 1 amide bonds. The van der Waals surface area contributed by atoms with Gasteiger partial charge in [-0.2, -0.15) is 4.98 Å². The van der Waals surface area contributed by atoms with Crippen molar-refractivity contribution in [3.63, 3.8) is 0 Å². The zero-order valence-corrected chi connectivity index (χ0v) is 12.6. The minimum absolute atomic E-state index is 0.152. The second kappa shape index (κ2) is 7.02. The number of nitrogens with zero attached hydrogens (tertiary/aromatic N) is 2.